The van der Waals surface area contributed by atoms with Crippen LogP contribution >= 0.6 is 23.2 Å². The number of likely N-dealkylation sites (tertiary alicyclic amines) is 1. The van der Waals surface area contributed by atoms with E-state index in [4.69, 9.17) is 32.7 Å². The zero-order valence-corrected chi connectivity index (χ0v) is 18.6. The molecular weight excluding hydrogens is 441 g/mol. The second-order valence-electron chi connectivity index (χ2n) is 7.21. The fraction of sp³-hybridized carbons (Fsp3) is 0.273. The highest BCUT2D eigenvalue weighted by Gasteiger charge is 2.26. The van der Waals surface area contributed by atoms with Crippen molar-refractivity contribution in [2.75, 3.05) is 32.6 Å². The molecule has 9 heteroatoms. The van der Waals surface area contributed by atoms with E-state index < -0.39 is 5.91 Å². The molecule has 1 aliphatic heterocycles. The number of nitrogens with zero attached hydrogens (tertiary/aromatic N) is 1. The van der Waals surface area contributed by atoms with Crippen LogP contribution in [0.25, 0.3) is 10.9 Å². The smallest absolute Gasteiger partial charge is 0.273 e. The molecule has 2 aromatic carbocycles. The average molecular weight is 462 g/mol. The topological polar surface area (TPSA) is 83.7 Å². The van der Waals surface area contributed by atoms with E-state index in [1.54, 1.807) is 35.2 Å². The largest absolute Gasteiger partial charge is 0.493 e. The van der Waals surface area contributed by atoms with E-state index in [1.807, 2.05) is 0 Å². The van der Waals surface area contributed by atoms with Crippen molar-refractivity contribution in [3.05, 3.63) is 51.6 Å². The Morgan fingerprint density at radius 3 is 2.39 bits per heavy atom. The van der Waals surface area contributed by atoms with Crippen LogP contribution < -0.4 is 14.8 Å². The maximum Gasteiger partial charge on any atom is 0.273 e. The second kappa shape index (κ2) is 8.69. The van der Waals surface area contributed by atoms with Gasteiger partial charge < -0.3 is 24.7 Å². The molecule has 0 aliphatic carbocycles. The lowest BCUT2D eigenvalue weighted by Crippen LogP contribution is -2.29. The zero-order chi connectivity index (χ0) is 22.1. The highest BCUT2D eigenvalue weighted by molar-refractivity contribution is 6.40. The predicted molar refractivity (Wildman–Crippen MR) is 121 cm³/mol. The van der Waals surface area contributed by atoms with Gasteiger partial charge in [-0.25, -0.2) is 0 Å². The first-order chi connectivity index (χ1) is 14.9. The Morgan fingerprint density at radius 1 is 1.03 bits per heavy atom. The van der Waals surface area contributed by atoms with Gasteiger partial charge >= 0.3 is 0 Å². The molecule has 0 atom stereocenters. The Labute approximate surface area is 189 Å². The molecule has 0 spiro atoms. The number of methoxy groups -OCH3 is 2. The third kappa shape index (κ3) is 4.03. The third-order valence-electron chi connectivity index (χ3n) is 5.32. The van der Waals surface area contributed by atoms with Gasteiger partial charge in [0.15, 0.2) is 11.5 Å². The summed E-state index contributed by atoms with van der Waals surface area (Å²) in [5.41, 5.74) is 1.49. The second-order valence-corrected chi connectivity index (χ2v) is 8.02. The van der Waals surface area contributed by atoms with Crippen molar-refractivity contribution < 1.29 is 19.1 Å². The number of hydrogen-bond donors (Lipinski definition) is 2. The Balaban J connectivity index is 1.73. The van der Waals surface area contributed by atoms with E-state index in [9.17, 15) is 9.59 Å². The summed E-state index contributed by atoms with van der Waals surface area (Å²) in [6.45, 7) is 1.35. The molecule has 0 unspecified atom stereocenters. The Morgan fingerprint density at radius 2 is 1.71 bits per heavy atom. The highest BCUT2D eigenvalue weighted by atomic mass is 35.5. The fourth-order valence-corrected chi connectivity index (χ4v) is 4.18. The maximum atomic E-state index is 13.1. The van der Waals surface area contributed by atoms with Gasteiger partial charge in [-0.1, -0.05) is 23.2 Å². The minimum atomic E-state index is -0.486. The summed E-state index contributed by atoms with van der Waals surface area (Å²) in [7, 11) is 2.99. The minimum absolute atomic E-state index is 0.174. The van der Waals surface area contributed by atoms with Crippen LogP contribution in [0.15, 0.2) is 30.3 Å². The molecular formula is C22H21Cl2N3O4. The monoisotopic (exact) mass is 461 g/mol. The van der Waals surface area contributed by atoms with Crippen LogP contribution in [0, 0.1) is 0 Å². The van der Waals surface area contributed by atoms with Gasteiger partial charge in [0.2, 0.25) is 0 Å². The summed E-state index contributed by atoms with van der Waals surface area (Å²) in [6.07, 6.45) is 1.90. The van der Waals surface area contributed by atoms with Gasteiger partial charge in [-0.3, -0.25) is 9.59 Å². The molecule has 4 rings (SSSR count). The van der Waals surface area contributed by atoms with Crippen LogP contribution in [-0.4, -0.2) is 49.0 Å². The van der Waals surface area contributed by atoms with E-state index in [0.717, 1.165) is 12.8 Å². The number of ether oxygens (including phenoxy) is 2. The first-order valence-corrected chi connectivity index (χ1v) is 10.5. The van der Waals surface area contributed by atoms with Crippen LogP contribution in [0.1, 0.15) is 33.7 Å². The summed E-state index contributed by atoms with van der Waals surface area (Å²) in [4.78, 5) is 31.0. The molecule has 162 valence electrons. The normalized spacial score (nSPS) is 13.5. The molecule has 1 fully saturated rings. The first kappa shape index (κ1) is 21.3. The van der Waals surface area contributed by atoms with Gasteiger partial charge in [0.1, 0.15) is 5.69 Å². The van der Waals surface area contributed by atoms with Gasteiger partial charge in [0.25, 0.3) is 11.8 Å². The molecule has 3 aromatic rings. The van der Waals surface area contributed by atoms with E-state index in [0.29, 0.717) is 51.8 Å². The number of nitrogens with one attached hydrogen (secondary N) is 2. The number of carbonyl (C=O) groups is 2. The summed E-state index contributed by atoms with van der Waals surface area (Å²) in [5, 5.41) is 4.21. The average Bonchev–Trinajstić information content (AvgIpc) is 3.41. The number of aromatic amines is 1. The molecule has 0 bridgehead atoms. The molecule has 0 radical (unpaired) electrons. The molecule has 2 amide bonds. The van der Waals surface area contributed by atoms with Crippen molar-refractivity contribution in [1.29, 1.82) is 0 Å². The fourth-order valence-electron chi connectivity index (χ4n) is 3.72. The van der Waals surface area contributed by atoms with Crippen molar-refractivity contribution in [2.45, 2.75) is 12.8 Å². The number of benzene rings is 2. The number of aromatic nitrogens is 1. The predicted octanol–water partition coefficient (Wildman–Crippen LogP) is 4.98. The Bertz CT molecular complexity index is 1170. The minimum Gasteiger partial charge on any atom is -0.493 e. The molecule has 1 aromatic heterocycles. The molecule has 1 saturated heterocycles. The lowest BCUT2D eigenvalue weighted by Gasteiger charge is -2.20. The third-order valence-corrected chi connectivity index (χ3v) is 5.95. The van der Waals surface area contributed by atoms with Crippen molar-refractivity contribution in [3.63, 3.8) is 0 Å². The van der Waals surface area contributed by atoms with Crippen molar-refractivity contribution in [2.24, 2.45) is 0 Å². The van der Waals surface area contributed by atoms with E-state index in [1.165, 1.54) is 14.2 Å². The van der Waals surface area contributed by atoms with Gasteiger partial charge in [-0.2, -0.15) is 0 Å². The summed E-state index contributed by atoms with van der Waals surface area (Å²) < 4.78 is 10.7. The quantitative estimate of drug-likeness (QED) is 0.560. The van der Waals surface area contributed by atoms with Gasteiger partial charge in [-0.15, -0.1) is 0 Å². The number of carbonyl (C=O) groups excluding carboxylic acids is 2. The number of fused-ring (bicyclic) bond motifs is 1. The number of rotatable bonds is 5. The van der Waals surface area contributed by atoms with Crippen LogP contribution in [0.3, 0.4) is 0 Å². The molecule has 0 saturated carbocycles. The molecule has 2 heterocycles. The SMILES string of the molecule is COc1cc(NC(=O)c2[nH]c3ccc(Cl)cc3c2Cl)c(C(=O)N2CCCC2)cc1OC. The van der Waals surface area contributed by atoms with Crippen LogP contribution in [0.4, 0.5) is 5.69 Å². The van der Waals surface area contributed by atoms with E-state index in [-0.39, 0.29) is 16.6 Å². The van der Waals surface area contributed by atoms with E-state index in [2.05, 4.69) is 10.3 Å². The first-order valence-electron chi connectivity index (χ1n) is 9.76. The van der Waals surface area contributed by atoms with Crippen molar-refractivity contribution in [1.82, 2.24) is 9.88 Å². The van der Waals surface area contributed by atoms with Gasteiger partial charge in [-0.05, 0) is 37.1 Å². The van der Waals surface area contributed by atoms with Gasteiger partial charge in [0.05, 0.1) is 30.5 Å². The lowest BCUT2D eigenvalue weighted by molar-refractivity contribution is 0.0793. The summed E-state index contributed by atoms with van der Waals surface area (Å²) >= 11 is 12.5. The molecule has 1 aliphatic rings. The van der Waals surface area contributed by atoms with Crippen molar-refractivity contribution in [3.8, 4) is 11.5 Å². The maximum absolute atomic E-state index is 13.1. The molecule has 31 heavy (non-hydrogen) atoms. The number of H-pyrrole nitrogens is 1. The molecule has 2 N–H and O–H groups in total. The summed E-state index contributed by atoms with van der Waals surface area (Å²) in [5.74, 6) is 0.134. The zero-order valence-electron chi connectivity index (χ0n) is 17.1. The lowest BCUT2D eigenvalue weighted by atomic mass is 10.1. The van der Waals surface area contributed by atoms with Crippen LogP contribution in [0.5, 0.6) is 11.5 Å². The number of amides is 2. The number of hydrogen-bond acceptors (Lipinski definition) is 4. The standard InChI is InChI=1S/C22H21Cl2N3O4/c1-30-17-10-14(22(29)27-7-3-4-8-27)16(11-18(17)31-2)26-21(28)20-19(24)13-9-12(23)5-6-15(13)25-20/h5-6,9-11,25H,3-4,7-8H2,1-2H3,(H,26,28). The highest BCUT2D eigenvalue weighted by Crippen LogP contribution is 2.36. The van der Waals surface area contributed by atoms with Crippen LogP contribution in [0.2, 0.25) is 10.0 Å². The Hall–Kier alpha value is -2.90. The molecule has 7 nitrogen and oxygen atoms in total. The Kier molecular flexibility index (Phi) is 5.98. The van der Waals surface area contributed by atoms with Crippen molar-refractivity contribution >= 4 is 51.6 Å². The summed E-state index contributed by atoms with van der Waals surface area (Å²) in [6, 6.07) is 8.30. The van der Waals surface area contributed by atoms with Gasteiger partial charge in [0, 0.05) is 35.1 Å². The van der Waals surface area contributed by atoms with Crippen LogP contribution in [-0.2, 0) is 0 Å². The van der Waals surface area contributed by atoms with E-state index >= 15 is 0 Å². The number of halogens is 2. The number of anilines is 1.